The van der Waals surface area contributed by atoms with Crippen molar-refractivity contribution in [3.05, 3.63) is 89.8 Å². The van der Waals surface area contributed by atoms with E-state index in [-0.39, 0.29) is 5.91 Å². The Hall–Kier alpha value is -3.93. The SMILES string of the molecule is CCC(OC(=O)c1ccc2ncoc2c1)C(=O)N1c2ccccc2CCc2ccccc21. The second kappa shape index (κ2) is 8.30. The van der Waals surface area contributed by atoms with E-state index in [1.807, 2.05) is 55.5 Å². The predicted molar refractivity (Wildman–Crippen MR) is 121 cm³/mol. The number of oxazole rings is 1. The summed E-state index contributed by atoms with van der Waals surface area (Å²) in [6.45, 7) is 1.84. The molecular formula is C26H22N2O4. The molecule has 1 aliphatic rings. The van der Waals surface area contributed by atoms with Crippen LogP contribution in [0.25, 0.3) is 11.1 Å². The summed E-state index contributed by atoms with van der Waals surface area (Å²) < 4.78 is 11.0. The highest BCUT2D eigenvalue weighted by Gasteiger charge is 2.32. The van der Waals surface area contributed by atoms with Crippen molar-refractivity contribution in [2.45, 2.75) is 32.3 Å². The summed E-state index contributed by atoms with van der Waals surface area (Å²) >= 11 is 0. The number of fused-ring (bicyclic) bond motifs is 3. The van der Waals surface area contributed by atoms with Crippen LogP contribution in [0.5, 0.6) is 0 Å². The van der Waals surface area contributed by atoms with Gasteiger partial charge in [0.05, 0.1) is 16.9 Å². The summed E-state index contributed by atoms with van der Waals surface area (Å²) in [7, 11) is 0. The second-order valence-corrected chi connectivity index (χ2v) is 7.77. The van der Waals surface area contributed by atoms with E-state index in [2.05, 4.69) is 4.98 Å². The van der Waals surface area contributed by atoms with E-state index < -0.39 is 12.1 Å². The molecular weight excluding hydrogens is 404 g/mol. The first-order valence-corrected chi connectivity index (χ1v) is 10.7. The molecule has 0 fully saturated rings. The van der Waals surface area contributed by atoms with Crippen LogP contribution in [0.3, 0.4) is 0 Å². The molecule has 5 rings (SSSR count). The largest absolute Gasteiger partial charge is 0.449 e. The van der Waals surface area contributed by atoms with Crippen LogP contribution < -0.4 is 4.90 Å². The van der Waals surface area contributed by atoms with Crippen molar-refractivity contribution in [2.75, 3.05) is 4.90 Å². The van der Waals surface area contributed by atoms with Gasteiger partial charge in [0.1, 0.15) is 5.52 Å². The smallest absolute Gasteiger partial charge is 0.339 e. The van der Waals surface area contributed by atoms with Crippen molar-refractivity contribution < 1.29 is 18.7 Å². The fourth-order valence-electron chi connectivity index (χ4n) is 4.15. The number of hydrogen-bond donors (Lipinski definition) is 0. The number of benzene rings is 3. The number of esters is 1. The molecule has 0 radical (unpaired) electrons. The zero-order valence-corrected chi connectivity index (χ0v) is 17.7. The van der Waals surface area contributed by atoms with Crippen LogP contribution in [0.4, 0.5) is 11.4 Å². The summed E-state index contributed by atoms with van der Waals surface area (Å²) in [6.07, 6.45) is 2.44. The molecule has 0 spiro atoms. The van der Waals surface area contributed by atoms with Gasteiger partial charge in [0.2, 0.25) is 0 Å². The minimum Gasteiger partial charge on any atom is -0.449 e. The third-order valence-electron chi connectivity index (χ3n) is 5.81. The van der Waals surface area contributed by atoms with Crippen LogP contribution >= 0.6 is 0 Å². The van der Waals surface area contributed by atoms with E-state index in [1.165, 1.54) is 6.39 Å². The number of para-hydroxylation sites is 2. The van der Waals surface area contributed by atoms with Gasteiger partial charge in [0.15, 0.2) is 18.1 Å². The summed E-state index contributed by atoms with van der Waals surface area (Å²) in [5, 5.41) is 0. The molecule has 4 aromatic rings. The number of amides is 1. The van der Waals surface area contributed by atoms with Crippen LogP contribution in [0, 0.1) is 0 Å². The normalized spacial score (nSPS) is 13.7. The van der Waals surface area contributed by atoms with E-state index in [0.717, 1.165) is 35.3 Å². The summed E-state index contributed by atoms with van der Waals surface area (Å²) in [4.78, 5) is 32.4. The van der Waals surface area contributed by atoms with Gasteiger partial charge in [0.25, 0.3) is 5.91 Å². The minimum atomic E-state index is -0.924. The maximum Gasteiger partial charge on any atom is 0.339 e. The van der Waals surface area contributed by atoms with E-state index >= 15 is 0 Å². The summed E-state index contributed by atoms with van der Waals surface area (Å²) in [5.74, 6) is -0.830. The molecule has 160 valence electrons. The first-order valence-electron chi connectivity index (χ1n) is 10.7. The molecule has 0 saturated heterocycles. The Morgan fingerprint density at radius 2 is 1.66 bits per heavy atom. The lowest BCUT2D eigenvalue weighted by molar-refractivity contribution is -0.126. The molecule has 1 aliphatic heterocycles. The van der Waals surface area contributed by atoms with E-state index in [4.69, 9.17) is 9.15 Å². The van der Waals surface area contributed by atoms with Gasteiger partial charge in [-0.3, -0.25) is 9.69 Å². The number of carbonyl (C=O) groups is 2. The molecule has 0 aliphatic carbocycles. The molecule has 1 aromatic heterocycles. The van der Waals surface area contributed by atoms with Crippen LogP contribution in [0.2, 0.25) is 0 Å². The van der Waals surface area contributed by atoms with Crippen molar-refractivity contribution in [2.24, 2.45) is 0 Å². The first-order chi connectivity index (χ1) is 15.7. The molecule has 1 amide bonds. The summed E-state index contributed by atoms with van der Waals surface area (Å²) in [6, 6.07) is 20.7. The number of aromatic nitrogens is 1. The average Bonchev–Trinajstić information content (AvgIpc) is 3.23. The molecule has 3 aromatic carbocycles. The number of ether oxygens (including phenoxy) is 1. The number of anilines is 2. The first kappa shape index (κ1) is 20.0. The second-order valence-electron chi connectivity index (χ2n) is 7.77. The number of rotatable bonds is 4. The molecule has 2 heterocycles. The lowest BCUT2D eigenvalue weighted by Crippen LogP contribution is -2.39. The quantitative estimate of drug-likeness (QED) is 0.418. The maximum atomic E-state index is 13.8. The molecule has 1 unspecified atom stereocenters. The average molecular weight is 426 g/mol. The van der Waals surface area contributed by atoms with Crippen molar-refractivity contribution in [1.82, 2.24) is 4.98 Å². The van der Waals surface area contributed by atoms with Gasteiger partial charge in [-0.05, 0) is 60.7 Å². The number of aryl methyl sites for hydroxylation is 2. The van der Waals surface area contributed by atoms with Gasteiger partial charge in [-0.1, -0.05) is 43.3 Å². The Kier molecular flexibility index (Phi) is 5.19. The van der Waals surface area contributed by atoms with Gasteiger partial charge in [-0.15, -0.1) is 0 Å². The van der Waals surface area contributed by atoms with Crippen LogP contribution in [0.1, 0.15) is 34.8 Å². The number of carbonyl (C=O) groups excluding carboxylic acids is 2. The molecule has 32 heavy (non-hydrogen) atoms. The Morgan fingerprint density at radius 3 is 2.31 bits per heavy atom. The lowest BCUT2D eigenvalue weighted by Gasteiger charge is -2.28. The van der Waals surface area contributed by atoms with E-state index in [9.17, 15) is 9.59 Å². The molecule has 0 saturated carbocycles. The van der Waals surface area contributed by atoms with Gasteiger partial charge in [-0.2, -0.15) is 0 Å². The molecule has 6 nitrogen and oxygen atoms in total. The van der Waals surface area contributed by atoms with Gasteiger partial charge < -0.3 is 9.15 Å². The van der Waals surface area contributed by atoms with E-state index in [1.54, 1.807) is 23.1 Å². The molecule has 0 bridgehead atoms. The highest BCUT2D eigenvalue weighted by Crippen LogP contribution is 2.37. The fraction of sp³-hybridized carbons (Fsp3) is 0.192. The van der Waals surface area contributed by atoms with E-state index in [0.29, 0.717) is 23.1 Å². The third kappa shape index (κ3) is 3.54. The van der Waals surface area contributed by atoms with Gasteiger partial charge >= 0.3 is 5.97 Å². The van der Waals surface area contributed by atoms with Crippen LogP contribution in [-0.4, -0.2) is 23.0 Å². The van der Waals surface area contributed by atoms with Gasteiger partial charge in [-0.25, -0.2) is 9.78 Å². The zero-order valence-electron chi connectivity index (χ0n) is 17.7. The predicted octanol–water partition coefficient (Wildman–Crippen LogP) is 5.23. The standard InChI is InChI=1S/C26H22N2O4/c1-2-23(32-26(30)19-13-14-20-24(15-19)31-16-27-20)25(29)28-21-9-5-3-7-17(21)11-12-18-8-4-6-10-22(18)28/h3-10,13-16,23H,2,11-12H2,1H3. The zero-order chi connectivity index (χ0) is 22.1. The van der Waals surface area contributed by atoms with Gasteiger partial charge in [0, 0.05) is 0 Å². The number of nitrogens with zero attached hydrogens (tertiary/aromatic N) is 2. The maximum absolute atomic E-state index is 13.8. The van der Waals surface area contributed by atoms with Crippen molar-refractivity contribution >= 4 is 34.4 Å². The number of hydrogen-bond acceptors (Lipinski definition) is 5. The Balaban J connectivity index is 1.48. The van der Waals surface area contributed by atoms with Crippen LogP contribution in [-0.2, 0) is 22.4 Å². The van der Waals surface area contributed by atoms with Crippen molar-refractivity contribution in [1.29, 1.82) is 0 Å². The van der Waals surface area contributed by atoms with Crippen molar-refractivity contribution in [3.63, 3.8) is 0 Å². The van der Waals surface area contributed by atoms with Crippen molar-refractivity contribution in [3.8, 4) is 0 Å². The summed E-state index contributed by atoms with van der Waals surface area (Å²) in [5.41, 5.74) is 5.32. The molecule has 6 heteroatoms. The Labute approximate surface area is 185 Å². The third-order valence-corrected chi connectivity index (χ3v) is 5.81. The Morgan fingerprint density at radius 1 is 1.00 bits per heavy atom. The van der Waals surface area contributed by atoms with Crippen LogP contribution in [0.15, 0.2) is 77.5 Å². The highest BCUT2D eigenvalue weighted by molar-refractivity contribution is 6.06. The highest BCUT2D eigenvalue weighted by atomic mass is 16.5. The topological polar surface area (TPSA) is 72.6 Å². The minimum absolute atomic E-state index is 0.261. The Bertz CT molecular complexity index is 1260. The molecule has 1 atom stereocenters. The monoisotopic (exact) mass is 426 g/mol. The lowest BCUT2D eigenvalue weighted by atomic mass is 10.0. The fourth-order valence-corrected chi connectivity index (χ4v) is 4.15. The molecule has 0 N–H and O–H groups in total.